The average Bonchev–Trinajstić information content (AvgIpc) is 3.06. The normalized spacial score (nSPS) is 16.6. The first kappa shape index (κ1) is 32.6. The van der Waals surface area contributed by atoms with Crippen LogP contribution in [0.2, 0.25) is 0 Å². The summed E-state index contributed by atoms with van der Waals surface area (Å²) in [7, 11) is 0. The van der Waals surface area contributed by atoms with Gasteiger partial charge in [-0.1, -0.05) is 62.8 Å². The Morgan fingerprint density at radius 1 is 0.614 bits per heavy atom. The van der Waals surface area contributed by atoms with Crippen molar-refractivity contribution in [2.45, 2.75) is 90.9 Å². The number of hydrogen-bond donors (Lipinski definition) is 4. The Kier molecular flexibility index (Phi) is 12.2. The molecule has 2 fully saturated rings. The fraction of sp³-hybridized carbons (Fsp3) is 0.471. The zero-order chi connectivity index (χ0) is 31.3. The van der Waals surface area contributed by atoms with Crippen molar-refractivity contribution in [2.75, 3.05) is 10.6 Å². The van der Waals surface area contributed by atoms with Gasteiger partial charge in [0.25, 0.3) is 0 Å². The lowest BCUT2D eigenvalue weighted by molar-refractivity contribution is -0.126. The maximum Gasteiger partial charge on any atom is 0.240 e. The maximum atomic E-state index is 12.6. The van der Waals surface area contributed by atoms with Crippen LogP contribution < -0.4 is 21.5 Å². The molecule has 4 amide bonds. The third kappa shape index (κ3) is 10.1. The Morgan fingerprint density at radius 2 is 1.00 bits per heavy atom. The van der Waals surface area contributed by atoms with E-state index in [-0.39, 0.29) is 36.5 Å². The van der Waals surface area contributed by atoms with Gasteiger partial charge in [-0.3, -0.25) is 19.2 Å². The van der Waals surface area contributed by atoms with E-state index in [1.54, 1.807) is 13.8 Å². The average molecular weight is 601 g/mol. The van der Waals surface area contributed by atoms with Gasteiger partial charge >= 0.3 is 0 Å². The van der Waals surface area contributed by atoms with Crippen molar-refractivity contribution in [1.82, 2.24) is 10.9 Å². The van der Waals surface area contributed by atoms with Gasteiger partial charge < -0.3 is 10.6 Å². The smallest absolute Gasteiger partial charge is 0.240 e. The van der Waals surface area contributed by atoms with Crippen molar-refractivity contribution >= 4 is 46.4 Å². The first-order chi connectivity index (χ1) is 21.3. The molecule has 0 atom stereocenters. The molecule has 0 radical (unpaired) electrons. The lowest BCUT2D eigenvalue weighted by Crippen LogP contribution is -2.25. The highest BCUT2D eigenvalue weighted by Crippen LogP contribution is 2.26. The summed E-state index contributed by atoms with van der Waals surface area (Å²) < 4.78 is 0. The first-order valence-electron chi connectivity index (χ1n) is 15.8. The lowest BCUT2D eigenvalue weighted by Gasteiger charge is -2.20. The van der Waals surface area contributed by atoms with Crippen LogP contribution in [0.25, 0.3) is 0 Å². The topological polar surface area (TPSA) is 141 Å². The van der Waals surface area contributed by atoms with Gasteiger partial charge in [0.1, 0.15) is 0 Å². The number of rotatable bonds is 11. The van der Waals surface area contributed by atoms with Gasteiger partial charge in [0.05, 0.1) is 11.4 Å². The molecule has 234 valence electrons. The predicted molar refractivity (Wildman–Crippen MR) is 173 cm³/mol. The fourth-order valence-corrected chi connectivity index (χ4v) is 5.62. The van der Waals surface area contributed by atoms with Gasteiger partial charge in [0.15, 0.2) is 0 Å². The summed E-state index contributed by atoms with van der Waals surface area (Å²) in [5, 5.41) is 14.3. The van der Waals surface area contributed by atoms with Crippen LogP contribution in [0, 0.1) is 11.8 Å². The third-order valence-electron chi connectivity index (χ3n) is 8.32. The number of carbonyl (C=O) groups excluding carboxylic acids is 4. The van der Waals surface area contributed by atoms with E-state index >= 15 is 0 Å². The number of nitrogens with zero attached hydrogens (tertiary/aromatic N) is 2. The van der Waals surface area contributed by atoms with Crippen LogP contribution in [0.5, 0.6) is 0 Å². The summed E-state index contributed by atoms with van der Waals surface area (Å²) in [5.41, 5.74) is 9.08. The Balaban J connectivity index is 1.21. The molecule has 0 bridgehead atoms. The second-order valence-corrected chi connectivity index (χ2v) is 11.8. The molecule has 0 spiro atoms. The van der Waals surface area contributed by atoms with Crippen molar-refractivity contribution in [1.29, 1.82) is 0 Å². The van der Waals surface area contributed by atoms with E-state index in [4.69, 9.17) is 0 Å². The van der Waals surface area contributed by atoms with Gasteiger partial charge in [0.2, 0.25) is 23.6 Å². The molecule has 44 heavy (non-hydrogen) atoms. The zero-order valence-corrected chi connectivity index (χ0v) is 25.8. The summed E-state index contributed by atoms with van der Waals surface area (Å²) in [6, 6.07) is 14.7. The molecule has 0 unspecified atom stereocenters. The van der Waals surface area contributed by atoms with Crippen LogP contribution in [0.1, 0.15) is 102 Å². The van der Waals surface area contributed by atoms with Gasteiger partial charge in [-0.05, 0) is 74.9 Å². The van der Waals surface area contributed by atoms with Crippen LogP contribution in [0.15, 0.2) is 58.7 Å². The molecule has 2 aromatic rings. The van der Waals surface area contributed by atoms with Gasteiger partial charge in [0, 0.05) is 36.1 Å². The molecular formula is C34H44N6O4. The molecule has 4 N–H and O–H groups in total. The summed E-state index contributed by atoms with van der Waals surface area (Å²) >= 11 is 0. The van der Waals surface area contributed by atoms with Gasteiger partial charge in [-0.2, -0.15) is 10.2 Å². The number of hydrazone groups is 2. The van der Waals surface area contributed by atoms with E-state index in [9.17, 15) is 19.2 Å². The molecule has 4 rings (SSSR count). The van der Waals surface area contributed by atoms with Crippen LogP contribution in [-0.2, 0) is 19.2 Å². The summed E-state index contributed by atoms with van der Waals surface area (Å²) in [4.78, 5) is 49.9. The predicted octanol–water partition coefficient (Wildman–Crippen LogP) is 5.89. The minimum absolute atomic E-state index is 0.0504. The highest BCUT2D eigenvalue weighted by molar-refractivity contribution is 6.02. The second-order valence-electron chi connectivity index (χ2n) is 11.8. The Bertz CT molecular complexity index is 1280. The van der Waals surface area contributed by atoms with Crippen LogP contribution in [0.4, 0.5) is 11.4 Å². The Hall–Kier alpha value is -4.34. The third-order valence-corrected chi connectivity index (χ3v) is 8.32. The van der Waals surface area contributed by atoms with E-state index < -0.39 is 11.8 Å². The molecule has 2 aromatic carbocycles. The quantitative estimate of drug-likeness (QED) is 0.189. The number of anilines is 2. The molecule has 2 saturated carbocycles. The molecule has 10 nitrogen and oxygen atoms in total. The Morgan fingerprint density at radius 3 is 1.39 bits per heavy atom. The number of carbonyl (C=O) groups is 4. The van der Waals surface area contributed by atoms with Gasteiger partial charge in [-0.15, -0.1) is 0 Å². The van der Waals surface area contributed by atoms with Crippen LogP contribution >= 0.6 is 0 Å². The van der Waals surface area contributed by atoms with E-state index in [1.165, 1.54) is 12.8 Å². The minimum Gasteiger partial charge on any atom is -0.326 e. The van der Waals surface area contributed by atoms with Crippen molar-refractivity contribution < 1.29 is 19.2 Å². The standard InChI is InChI=1S/C34H44N6O4/c1-23(27-15-9-17-29(21-27)35-33(43)25-11-5-3-6-12-25)37-39-31(41)19-20-32(42)40-38-24(2)28-16-10-18-30(22-28)36-34(44)26-13-7-4-8-14-26/h9-10,15-18,21-22,25-26H,3-8,11-14,19-20H2,1-2H3,(H,35,43)(H,36,44)(H,39,41)(H,40,42)/b37-23+,38-24+. The van der Waals surface area contributed by atoms with Crippen molar-refractivity contribution in [2.24, 2.45) is 22.0 Å². The minimum atomic E-state index is -0.400. The van der Waals surface area contributed by atoms with Crippen LogP contribution in [-0.4, -0.2) is 35.1 Å². The Labute approximate surface area is 259 Å². The first-order valence-corrected chi connectivity index (χ1v) is 15.8. The van der Waals surface area contributed by atoms with Gasteiger partial charge in [-0.25, -0.2) is 10.9 Å². The lowest BCUT2D eigenvalue weighted by atomic mass is 9.88. The second kappa shape index (κ2) is 16.5. The number of hydrogen-bond acceptors (Lipinski definition) is 6. The number of amides is 4. The highest BCUT2D eigenvalue weighted by atomic mass is 16.2. The molecule has 0 heterocycles. The number of nitrogens with one attached hydrogen (secondary N) is 4. The van der Waals surface area contributed by atoms with Crippen molar-refractivity contribution in [3.05, 3.63) is 59.7 Å². The summed E-state index contributed by atoms with van der Waals surface area (Å²) in [6.45, 7) is 3.53. The molecule has 0 saturated heterocycles. The summed E-state index contributed by atoms with van der Waals surface area (Å²) in [6.07, 6.45) is 10.3. The maximum absolute atomic E-state index is 12.6. The van der Waals surface area contributed by atoms with E-state index in [0.717, 1.165) is 62.5 Å². The summed E-state index contributed by atoms with van der Waals surface area (Å²) in [5.74, 6) is -0.579. The van der Waals surface area contributed by atoms with E-state index in [0.29, 0.717) is 22.8 Å². The van der Waals surface area contributed by atoms with E-state index in [1.807, 2.05) is 48.5 Å². The number of benzene rings is 2. The van der Waals surface area contributed by atoms with E-state index in [2.05, 4.69) is 31.7 Å². The monoisotopic (exact) mass is 600 g/mol. The fourth-order valence-electron chi connectivity index (χ4n) is 5.62. The van der Waals surface area contributed by atoms with Crippen LogP contribution in [0.3, 0.4) is 0 Å². The van der Waals surface area contributed by atoms with Crippen molar-refractivity contribution in [3.8, 4) is 0 Å². The molecule has 0 aromatic heterocycles. The SMILES string of the molecule is C/C(=N\NC(=O)CCC(=O)N/N=C(\C)c1cccc(NC(=O)C2CCCCC2)c1)c1cccc(NC(=O)C2CCCCC2)c1. The zero-order valence-electron chi connectivity index (χ0n) is 25.8. The largest absolute Gasteiger partial charge is 0.326 e. The molecule has 2 aliphatic rings. The molecular weight excluding hydrogens is 556 g/mol. The molecule has 0 aliphatic heterocycles. The molecule has 10 heteroatoms. The molecule has 2 aliphatic carbocycles. The van der Waals surface area contributed by atoms with Crippen molar-refractivity contribution in [3.63, 3.8) is 0 Å². The highest BCUT2D eigenvalue weighted by Gasteiger charge is 2.22.